The van der Waals surface area contributed by atoms with Gasteiger partial charge in [-0.2, -0.15) is 0 Å². The Hall–Kier alpha value is -2.04. The lowest BCUT2D eigenvalue weighted by atomic mass is 10.0. The van der Waals surface area contributed by atoms with Gasteiger partial charge in [0.15, 0.2) is 0 Å². The van der Waals surface area contributed by atoms with Gasteiger partial charge in [-0.3, -0.25) is 0 Å². The van der Waals surface area contributed by atoms with E-state index in [0.717, 1.165) is 33.9 Å². The first-order chi connectivity index (χ1) is 11.1. The van der Waals surface area contributed by atoms with Crippen LogP contribution in [0.1, 0.15) is 36.1 Å². The van der Waals surface area contributed by atoms with Gasteiger partial charge < -0.3 is 19.9 Å². The molecule has 0 aromatic heterocycles. The number of aliphatic hydroxyl groups is 1. The first kappa shape index (κ1) is 17.3. The molecule has 2 aromatic carbocycles. The number of hydrogen-bond acceptors (Lipinski definition) is 4. The number of methoxy groups -OCH3 is 1. The smallest absolute Gasteiger partial charge is 0.134 e. The molecule has 1 atom stereocenters. The largest absolute Gasteiger partial charge is 0.496 e. The van der Waals surface area contributed by atoms with Gasteiger partial charge in [0, 0.05) is 17.7 Å². The highest BCUT2D eigenvalue weighted by atomic mass is 16.5. The van der Waals surface area contributed by atoms with E-state index in [1.165, 1.54) is 0 Å². The van der Waals surface area contributed by atoms with E-state index in [1.807, 2.05) is 57.3 Å². The normalized spacial score (nSPS) is 12.0. The summed E-state index contributed by atoms with van der Waals surface area (Å²) < 4.78 is 11.5. The fourth-order valence-electron chi connectivity index (χ4n) is 2.49. The van der Waals surface area contributed by atoms with Gasteiger partial charge in [-0.15, -0.1) is 0 Å². The summed E-state index contributed by atoms with van der Waals surface area (Å²) in [7, 11) is 3.55. The Bertz CT molecular complexity index is 655. The van der Waals surface area contributed by atoms with Crippen LogP contribution < -0.4 is 14.8 Å². The van der Waals surface area contributed by atoms with Crippen LogP contribution in [-0.4, -0.2) is 19.3 Å². The van der Waals surface area contributed by atoms with E-state index in [2.05, 4.69) is 5.32 Å². The molecular weight excluding hydrogens is 290 g/mol. The highest BCUT2D eigenvalue weighted by Gasteiger charge is 2.13. The highest BCUT2D eigenvalue weighted by molar-refractivity contribution is 5.48. The maximum absolute atomic E-state index is 10.1. The van der Waals surface area contributed by atoms with Crippen molar-refractivity contribution in [3.05, 3.63) is 53.1 Å². The minimum absolute atomic E-state index is 0.479. The van der Waals surface area contributed by atoms with Gasteiger partial charge >= 0.3 is 0 Å². The van der Waals surface area contributed by atoms with Gasteiger partial charge in [0.2, 0.25) is 0 Å². The van der Waals surface area contributed by atoms with Crippen LogP contribution in [0.2, 0.25) is 0 Å². The minimum Gasteiger partial charge on any atom is -0.496 e. The topological polar surface area (TPSA) is 50.7 Å². The SMILES string of the molecule is CCC(O)c1ccc(CNC)c(Oc2cccc(OC)c2C)c1. The van der Waals surface area contributed by atoms with Crippen LogP contribution in [0.5, 0.6) is 17.2 Å². The quantitative estimate of drug-likeness (QED) is 0.812. The number of aliphatic hydroxyl groups excluding tert-OH is 1. The average Bonchev–Trinajstić information content (AvgIpc) is 2.57. The Morgan fingerprint density at radius 2 is 1.87 bits per heavy atom. The lowest BCUT2D eigenvalue weighted by Crippen LogP contribution is -2.07. The first-order valence-electron chi connectivity index (χ1n) is 7.87. The van der Waals surface area contributed by atoms with Crippen LogP contribution in [0.4, 0.5) is 0 Å². The van der Waals surface area contributed by atoms with Crippen LogP contribution >= 0.6 is 0 Å². The van der Waals surface area contributed by atoms with E-state index in [-0.39, 0.29) is 0 Å². The van der Waals surface area contributed by atoms with E-state index < -0.39 is 6.10 Å². The second-order valence-corrected chi connectivity index (χ2v) is 5.51. The van der Waals surface area contributed by atoms with Crippen LogP contribution in [0.25, 0.3) is 0 Å². The molecule has 0 saturated carbocycles. The van der Waals surface area contributed by atoms with Crippen molar-refractivity contribution in [2.45, 2.75) is 32.9 Å². The second-order valence-electron chi connectivity index (χ2n) is 5.51. The zero-order chi connectivity index (χ0) is 16.8. The molecule has 4 nitrogen and oxygen atoms in total. The van der Waals surface area contributed by atoms with Crippen LogP contribution in [0.15, 0.2) is 36.4 Å². The lowest BCUT2D eigenvalue weighted by Gasteiger charge is -2.17. The molecule has 0 amide bonds. The monoisotopic (exact) mass is 315 g/mol. The average molecular weight is 315 g/mol. The summed E-state index contributed by atoms with van der Waals surface area (Å²) in [5.41, 5.74) is 2.86. The standard InChI is InChI=1S/C19H25NO3/c1-5-16(21)14-9-10-15(12-20-3)19(11-14)23-18-8-6-7-17(22-4)13(18)2/h6-11,16,20-21H,5,12H2,1-4H3. The molecule has 0 saturated heterocycles. The summed E-state index contributed by atoms with van der Waals surface area (Å²) in [6.07, 6.45) is 0.190. The van der Waals surface area contributed by atoms with Crippen molar-refractivity contribution in [1.29, 1.82) is 0 Å². The summed E-state index contributed by atoms with van der Waals surface area (Å²) in [6, 6.07) is 11.6. The maximum Gasteiger partial charge on any atom is 0.134 e. The Balaban J connectivity index is 2.40. The molecule has 0 fully saturated rings. The van der Waals surface area contributed by atoms with Gasteiger partial charge in [0.05, 0.1) is 13.2 Å². The van der Waals surface area contributed by atoms with Crippen molar-refractivity contribution in [2.75, 3.05) is 14.2 Å². The molecule has 0 aliphatic heterocycles. The van der Waals surface area contributed by atoms with Gasteiger partial charge in [-0.05, 0) is 44.2 Å². The van der Waals surface area contributed by atoms with Crippen molar-refractivity contribution in [3.8, 4) is 17.2 Å². The number of benzene rings is 2. The zero-order valence-corrected chi connectivity index (χ0v) is 14.2. The molecular formula is C19H25NO3. The Labute approximate surface area is 138 Å². The number of rotatable bonds is 7. The second kappa shape index (κ2) is 7.99. The molecule has 0 bridgehead atoms. The Kier molecular flexibility index (Phi) is 6.02. The molecule has 23 heavy (non-hydrogen) atoms. The van der Waals surface area contributed by atoms with E-state index in [9.17, 15) is 5.11 Å². The van der Waals surface area contributed by atoms with Gasteiger partial charge in [0.1, 0.15) is 17.2 Å². The predicted octanol–water partition coefficient (Wildman–Crippen LogP) is 3.96. The van der Waals surface area contributed by atoms with Crippen molar-refractivity contribution in [3.63, 3.8) is 0 Å². The number of nitrogens with one attached hydrogen (secondary N) is 1. The predicted molar refractivity (Wildman–Crippen MR) is 92.3 cm³/mol. The van der Waals surface area contributed by atoms with Crippen molar-refractivity contribution in [1.82, 2.24) is 5.32 Å². The Morgan fingerprint density at radius 3 is 2.52 bits per heavy atom. The molecule has 0 aliphatic carbocycles. The number of ether oxygens (including phenoxy) is 2. The summed E-state index contributed by atoms with van der Waals surface area (Å²) in [6.45, 7) is 4.62. The third-order valence-corrected chi connectivity index (χ3v) is 3.90. The van der Waals surface area contributed by atoms with Crippen molar-refractivity contribution in [2.24, 2.45) is 0 Å². The molecule has 0 radical (unpaired) electrons. The van der Waals surface area contributed by atoms with E-state index in [0.29, 0.717) is 13.0 Å². The molecule has 2 aromatic rings. The fourth-order valence-corrected chi connectivity index (χ4v) is 2.49. The molecule has 0 spiro atoms. The summed E-state index contributed by atoms with van der Waals surface area (Å²) in [5, 5.41) is 13.2. The minimum atomic E-state index is -0.479. The van der Waals surface area contributed by atoms with E-state index >= 15 is 0 Å². The van der Waals surface area contributed by atoms with E-state index in [1.54, 1.807) is 7.11 Å². The molecule has 1 unspecified atom stereocenters. The zero-order valence-electron chi connectivity index (χ0n) is 14.2. The van der Waals surface area contributed by atoms with Crippen LogP contribution in [0.3, 0.4) is 0 Å². The van der Waals surface area contributed by atoms with Gasteiger partial charge in [0.25, 0.3) is 0 Å². The fraction of sp³-hybridized carbons (Fsp3) is 0.368. The third-order valence-electron chi connectivity index (χ3n) is 3.90. The lowest BCUT2D eigenvalue weighted by molar-refractivity contribution is 0.173. The van der Waals surface area contributed by atoms with Crippen molar-refractivity contribution < 1.29 is 14.6 Å². The summed E-state index contributed by atoms with van der Waals surface area (Å²) >= 11 is 0. The van der Waals surface area contributed by atoms with Crippen LogP contribution in [0, 0.1) is 6.92 Å². The molecule has 0 aliphatic rings. The summed E-state index contributed by atoms with van der Waals surface area (Å²) in [4.78, 5) is 0. The molecule has 0 heterocycles. The van der Waals surface area contributed by atoms with Gasteiger partial charge in [-0.25, -0.2) is 0 Å². The highest BCUT2D eigenvalue weighted by Crippen LogP contribution is 2.34. The molecule has 2 N–H and O–H groups in total. The molecule has 124 valence electrons. The first-order valence-corrected chi connectivity index (χ1v) is 7.87. The molecule has 4 heteroatoms. The summed E-state index contributed by atoms with van der Waals surface area (Å²) in [5.74, 6) is 2.30. The maximum atomic E-state index is 10.1. The van der Waals surface area contributed by atoms with E-state index in [4.69, 9.17) is 9.47 Å². The molecule has 2 rings (SSSR count). The van der Waals surface area contributed by atoms with Crippen LogP contribution in [-0.2, 0) is 6.54 Å². The van der Waals surface area contributed by atoms with Crippen molar-refractivity contribution >= 4 is 0 Å². The third kappa shape index (κ3) is 4.03. The number of hydrogen-bond donors (Lipinski definition) is 2. The Morgan fingerprint density at radius 1 is 1.13 bits per heavy atom. The van der Waals surface area contributed by atoms with Gasteiger partial charge in [-0.1, -0.05) is 25.1 Å².